The van der Waals surface area contributed by atoms with E-state index >= 15 is 0 Å². The minimum absolute atomic E-state index is 0.000153. The minimum atomic E-state index is -0.220. The van der Waals surface area contributed by atoms with E-state index in [0.29, 0.717) is 28.9 Å². The Morgan fingerprint density at radius 2 is 2.25 bits per heavy atom. The third-order valence-corrected chi connectivity index (χ3v) is 4.84. The second-order valence-electron chi connectivity index (χ2n) is 4.87. The number of nitrogens with one attached hydrogen (secondary N) is 1. The summed E-state index contributed by atoms with van der Waals surface area (Å²) < 4.78 is 17.2. The van der Waals surface area contributed by atoms with Gasteiger partial charge in [0.25, 0.3) is 11.8 Å². The summed E-state index contributed by atoms with van der Waals surface area (Å²) in [5.74, 6) is 1.69. The first-order valence-electron chi connectivity index (χ1n) is 6.96. The molecule has 4 rings (SSSR count). The van der Waals surface area contributed by atoms with Gasteiger partial charge in [-0.3, -0.25) is 4.79 Å². The molecule has 24 heavy (non-hydrogen) atoms. The van der Waals surface area contributed by atoms with Gasteiger partial charge >= 0.3 is 0 Å². The molecule has 0 atom stereocenters. The minimum Gasteiger partial charge on any atom is -0.481 e. The maximum absolute atomic E-state index is 11.5. The van der Waals surface area contributed by atoms with E-state index in [9.17, 15) is 4.79 Å². The number of hydrogen-bond acceptors (Lipinski definition) is 7. The molecule has 0 bridgehead atoms. The number of nitrogens with zero attached hydrogens (tertiary/aromatic N) is 2. The lowest BCUT2D eigenvalue weighted by molar-refractivity contribution is -0.118. The van der Waals surface area contributed by atoms with Crippen LogP contribution in [0.4, 0.5) is 5.69 Å². The zero-order valence-electron chi connectivity index (χ0n) is 12.1. The summed E-state index contributed by atoms with van der Waals surface area (Å²) in [6.07, 6.45) is 0. The Morgan fingerprint density at radius 1 is 1.33 bits per heavy atom. The Morgan fingerprint density at radius 3 is 3.08 bits per heavy atom. The van der Waals surface area contributed by atoms with Crippen molar-refractivity contribution in [1.29, 1.82) is 0 Å². The van der Waals surface area contributed by atoms with Crippen LogP contribution in [0.25, 0.3) is 10.7 Å². The Labute approximate surface area is 148 Å². The van der Waals surface area contributed by atoms with Crippen LogP contribution in [-0.2, 0) is 11.4 Å². The fourth-order valence-electron chi connectivity index (χ4n) is 2.18. The molecule has 0 saturated carbocycles. The van der Waals surface area contributed by atoms with Crippen LogP contribution >= 0.6 is 27.3 Å². The number of carbonyl (C=O) groups is 1. The third kappa shape index (κ3) is 3.00. The van der Waals surface area contributed by atoms with E-state index in [1.807, 2.05) is 12.1 Å². The molecule has 1 aliphatic heterocycles. The van der Waals surface area contributed by atoms with Crippen LogP contribution < -0.4 is 14.8 Å². The van der Waals surface area contributed by atoms with E-state index in [1.54, 1.807) is 18.2 Å². The number of thiophene rings is 1. The first-order valence-corrected chi connectivity index (χ1v) is 8.57. The fraction of sp³-hybridized carbons (Fsp3) is 0.133. The molecule has 0 unspecified atom stereocenters. The highest BCUT2D eigenvalue weighted by Crippen LogP contribution is 2.37. The summed E-state index contributed by atoms with van der Waals surface area (Å²) in [6.45, 7) is 0.0890. The molecule has 0 spiro atoms. The monoisotopic (exact) mass is 407 g/mol. The van der Waals surface area contributed by atoms with Crippen molar-refractivity contribution in [2.45, 2.75) is 6.61 Å². The van der Waals surface area contributed by atoms with Gasteiger partial charge in [0.1, 0.15) is 17.2 Å². The number of amides is 1. The molecule has 7 nitrogen and oxygen atoms in total. The second-order valence-corrected chi connectivity index (χ2v) is 7.33. The van der Waals surface area contributed by atoms with E-state index in [4.69, 9.17) is 14.0 Å². The first kappa shape index (κ1) is 15.2. The lowest BCUT2D eigenvalue weighted by Crippen LogP contribution is -2.25. The van der Waals surface area contributed by atoms with Gasteiger partial charge in [-0.25, -0.2) is 0 Å². The van der Waals surface area contributed by atoms with Gasteiger partial charge in [0.2, 0.25) is 5.82 Å². The van der Waals surface area contributed by atoms with Crippen molar-refractivity contribution in [2.75, 3.05) is 11.9 Å². The molecule has 0 fully saturated rings. The molecule has 3 heterocycles. The average Bonchev–Trinajstić information content (AvgIpc) is 3.21. The molecule has 1 aromatic carbocycles. The molecule has 9 heteroatoms. The third-order valence-electron chi connectivity index (χ3n) is 3.22. The van der Waals surface area contributed by atoms with Crippen molar-refractivity contribution >= 4 is 38.9 Å². The van der Waals surface area contributed by atoms with E-state index in [2.05, 4.69) is 31.4 Å². The molecule has 2 aromatic heterocycles. The summed E-state index contributed by atoms with van der Waals surface area (Å²) >= 11 is 4.91. The largest absolute Gasteiger partial charge is 0.481 e. The van der Waals surface area contributed by atoms with Gasteiger partial charge in [-0.2, -0.15) is 4.98 Å². The van der Waals surface area contributed by atoms with Crippen LogP contribution in [0.3, 0.4) is 0 Å². The molecule has 0 aliphatic carbocycles. The molecular formula is C15H10BrN3O4S. The summed E-state index contributed by atoms with van der Waals surface area (Å²) in [5, 5.41) is 6.68. The lowest BCUT2D eigenvalue weighted by Gasteiger charge is -2.20. The number of fused-ring (bicyclic) bond motifs is 1. The highest BCUT2D eigenvalue weighted by molar-refractivity contribution is 9.11. The van der Waals surface area contributed by atoms with Crippen molar-refractivity contribution in [3.8, 4) is 22.2 Å². The van der Waals surface area contributed by atoms with Gasteiger partial charge < -0.3 is 19.3 Å². The van der Waals surface area contributed by atoms with Crippen LogP contribution in [-0.4, -0.2) is 22.7 Å². The number of para-hydroxylation sites is 1. The Bertz CT molecular complexity index is 908. The van der Waals surface area contributed by atoms with E-state index in [0.717, 1.165) is 8.66 Å². The van der Waals surface area contributed by atoms with Crippen molar-refractivity contribution < 1.29 is 18.8 Å². The number of anilines is 1. The maximum atomic E-state index is 11.5. The Kier molecular flexibility index (Phi) is 3.95. The van der Waals surface area contributed by atoms with Crippen LogP contribution in [0.15, 0.2) is 38.6 Å². The quantitative estimate of drug-likeness (QED) is 0.712. The topological polar surface area (TPSA) is 86.5 Å². The zero-order valence-corrected chi connectivity index (χ0v) is 14.5. The lowest BCUT2D eigenvalue weighted by atomic mass is 10.2. The molecule has 1 amide bonds. The number of benzene rings is 1. The molecule has 0 saturated heterocycles. The molecule has 0 radical (unpaired) electrons. The molecule has 122 valence electrons. The van der Waals surface area contributed by atoms with Crippen molar-refractivity contribution in [3.63, 3.8) is 0 Å². The molecular weight excluding hydrogens is 398 g/mol. The second kappa shape index (κ2) is 6.25. The van der Waals surface area contributed by atoms with Crippen molar-refractivity contribution in [2.24, 2.45) is 0 Å². The Hall–Kier alpha value is -2.39. The summed E-state index contributed by atoms with van der Waals surface area (Å²) in [4.78, 5) is 16.7. The predicted molar refractivity (Wildman–Crippen MR) is 90.2 cm³/mol. The number of ether oxygens (including phenoxy) is 2. The van der Waals surface area contributed by atoms with Crippen LogP contribution in [0.1, 0.15) is 5.89 Å². The smallest absolute Gasteiger partial charge is 0.264 e. The Balaban J connectivity index is 1.50. The van der Waals surface area contributed by atoms with E-state index in [1.165, 1.54) is 11.3 Å². The number of rotatable bonds is 4. The number of carbonyl (C=O) groups excluding carboxylic acids is 1. The van der Waals surface area contributed by atoms with Gasteiger partial charge in [0.15, 0.2) is 13.2 Å². The number of halogens is 1. The van der Waals surface area contributed by atoms with E-state index < -0.39 is 0 Å². The van der Waals surface area contributed by atoms with Crippen molar-refractivity contribution in [3.05, 3.63) is 40.0 Å². The number of aromatic nitrogens is 2. The highest BCUT2D eigenvalue weighted by atomic mass is 79.9. The normalized spacial score (nSPS) is 13.1. The maximum Gasteiger partial charge on any atom is 0.264 e. The van der Waals surface area contributed by atoms with Gasteiger partial charge in [-0.05, 0) is 40.2 Å². The van der Waals surface area contributed by atoms with Gasteiger partial charge in [0, 0.05) is 0 Å². The molecule has 3 aromatic rings. The number of hydrogen-bond donors (Lipinski definition) is 1. The molecule has 1 aliphatic rings. The summed E-state index contributed by atoms with van der Waals surface area (Å²) in [7, 11) is 0. The van der Waals surface area contributed by atoms with Gasteiger partial charge in [0.05, 0.1) is 8.66 Å². The zero-order chi connectivity index (χ0) is 16.5. The van der Waals surface area contributed by atoms with Crippen molar-refractivity contribution in [1.82, 2.24) is 10.1 Å². The van der Waals surface area contributed by atoms with Crippen LogP contribution in [0.5, 0.6) is 11.5 Å². The highest BCUT2D eigenvalue weighted by Gasteiger charge is 2.20. The fourth-order valence-corrected chi connectivity index (χ4v) is 3.49. The SMILES string of the molecule is O=C1COc2cccc(OCc3nc(-c4ccc(Br)s4)no3)c2N1. The molecule has 1 N–H and O–H groups in total. The van der Waals surface area contributed by atoms with Crippen LogP contribution in [0.2, 0.25) is 0 Å². The summed E-state index contributed by atoms with van der Waals surface area (Å²) in [5.41, 5.74) is 0.510. The van der Waals surface area contributed by atoms with E-state index in [-0.39, 0.29) is 19.1 Å². The van der Waals surface area contributed by atoms with Crippen LogP contribution in [0, 0.1) is 0 Å². The standard InChI is InChI=1S/C15H10BrN3O4S/c16-11-5-4-10(24-11)15-18-13(23-19-15)7-22-9-3-1-2-8-14(9)17-12(20)6-21-8/h1-5H,6-7H2,(H,17,20). The first-order chi connectivity index (χ1) is 11.7. The predicted octanol–water partition coefficient (Wildman–Crippen LogP) is 3.47. The average molecular weight is 408 g/mol. The van der Waals surface area contributed by atoms with Gasteiger partial charge in [-0.15, -0.1) is 11.3 Å². The van der Waals surface area contributed by atoms with Gasteiger partial charge in [-0.1, -0.05) is 11.2 Å². The summed E-state index contributed by atoms with van der Waals surface area (Å²) in [6, 6.07) is 9.12.